The Morgan fingerprint density at radius 2 is 2.21 bits per heavy atom. The molecule has 1 aromatic heterocycles. The summed E-state index contributed by atoms with van der Waals surface area (Å²) in [7, 11) is 0. The first-order chi connectivity index (χ1) is 9.02. The molecular weight excluding hydrogens is 244 g/mol. The number of hydrogen-bond donors (Lipinski definition) is 3. The largest absolute Gasteiger partial charge is 0.478 e. The Labute approximate surface area is 110 Å². The van der Waals surface area contributed by atoms with Crippen molar-refractivity contribution in [3.63, 3.8) is 0 Å². The summed E-state index contributed by atoms with van der Waals surface area (Å²) in [4.78, 5) is 25.5. The molecule has 2 rings (SSSR count). The van der Waals surface area contributed by atoms with Crippen LogP contribution in [0.1, 0.15) is 23.7 Å². The quantitative estimate of drug-likeness (QED) is 0.762. The van der Waals surface area contributed by atoms with Gasteiger partial charge < -0.3 is 15.4 Å². The van der Waals surface area contributed by atoms with Crippen LogP contribution in [-0.2, 0) is 11.2 Å². The second-order valence-electron chi connectivity index (χ2n) is 4.42. The Bertz CT molecular complexity index is 639. The highest BCUT2D eigenvalue weighted by Crippen LogP contribution is 2.19. The summed E-state index contributed by atoms with van der Waals surface area (Å²) in [6.45, 7) is 4.18. The molecule has 0 atom stereocenters. The number of aryl methyl sites for hydroxylation is 2. The van der Waals surface area contributed by atoms with Gasteiger partial charge in [-0.2, -0.15) is 0 Å². The zero-order chi connectivity index (χ0) is 14.0. The lowest BCUT2D eigenvalue weighted by atomic mass is 10.0. The molecule has 0 aromatic carbocycles. The molecule has 19 heavy (non-hydrogen) atoms. The van der Waals surface area contributed by atoms with E-state index in [1.165, 1.54) is 0 Å². The van der Waals surface area contributed by atoms with Crippen molar-refractivity contribution in [1.29, 1.82) is 0 Å². The molecule has 1 aliphatic heterocycles. The Hall–Kier alpha value is -2.30. The molecule has 1 aromatic rings. The zero-order valence-electron chi connectivity index (χ0n) is 10.9. The van der Waals surface area contributed by atoms with Crippen molar-refractivity contribution >= 4 is 11.7 Å². The van der Waals surface area contributed by atoms with Crippen LogP contribution in [0.2, 0.25) is 0 Å². The van der Waals surface area contributed by atoms with Crippen LogP contribution in [0.5, 0.6) is 0 Å². The number of rotatable bonds is 3. The highest BCUT2D eigenvalue weighted by molar-refractivity contribution is 5.93. The van der Waals surface area contributed by atoms with E-state index in [0.29, 0.717) is 18.5 Å². The molecule has 2 heterocycles. The SMILES string of the molecule is CCc1cc(C2=CC(C(=O)O)=CCN2)c(C)[nH]c1=O. The fraction of sp³-hybridized carbons (Fsp3) is 0.286. The number of H-pyrrole nitrogens is 1. The summed E-state index contributed by atoms with van der Waals surface area (Å²) >= 11 is 0. The molecule has 0 spiro atoms. The van der Waals surface area contributed by atoms with Gasteiger partial charge in [0.2, 0.25) is 0 Å². The van der Waals surface area contributed by atoms with Crippen LogP contribution in [0.3, 0.4) is 0 Å². The molecule has 0 unspecified atom stereocenters. The summed E-state index contributed by atoms with van der Waals surface area (Å²) in [6.07, 6.45) is 3.84. The van der Waals surface area contributed by atoms with Crippen molar-refractivity contribution in [1.82, 2.24) is 10.3 Å². The number of carboxylic acid groups (broad SMARTS) is 1. The van der Waals surface area contributed by atoms with E-state index in [1.807, 2.05) is 13.0 Å². The molecule has 0 radical (unpaired) electrons. The molecule has 0 bridgehead atoms. The number of nitrogens with one attached hydrogen (secondary N) is 2. The number of dihydropyridines is 1. The van der Waals surface area contributed by atoms with Crippen LogP contribution in [-0.4, -0.2) is 22.6 Å². The van der Waals surface area contributed by atoms with E-state index in [9.17, 15) is 9.59 Å². The van der Waals surface area contributed by atoms with Crippen LogP contribution in [0.4, 0.5) is 0 Å². The van der Waals surface area contributed by atoms with Gasteiger partial charge in [-0.15, -0.1) is 0 Å². The molecule has 0 saturated heterocycles. The molecule has 3 N–H and O–H groups in total. The van der Waals surface area contributed by atoms with Crippen LogP contribution in [0, 0.1) is 6.92 Å². The smallest absolute Gasteiger partial charge is 0.335 e. The van der Waals surface area contributed by atoms with Crippen molar-refractivity contribution in [2.45, 2.75) is 20.3 Å². The number of carbonyl (C=O) groups is 1. The summed E-state index contributed by atoms with van der Waals surface area (Å²) in [5, 5.41) is 12.1. The standard InChI is InChI=1S/C14H16N2O3/c1-3-9-6-11(8(2)16-13(9)17)12-7-10(14(18)19)4-5-15-12/h4,6-7,15H,3,5H2,1-2H3,(H,16,17)(H,18,19). The van der Waals surface area contributed by atoms with Crippen molar-refractivity contribution in [2.75, 3.05) is 6.54 Å². The second kappa shape index (κ2) is 5.14. The lowest BCUT2D eigenvalue weighted by molar-refractivity contribution is -0.132. The topological polar surface area (TPSA) is 82.2 Å². The fourth-order valence-corrected chi connectivity index (χ4v) is 2.07. The number of pyridine rings is 1. The predicted octanol–water partition coefficient (Wildman–Crippen LogP) is 1.20. The van der Waals surface area contributed by atoms with E-state index in [4.69, 9.17) is 5.11 Å². The average molecular weight is 260 g/mol. The number of hydrogen-bond acceptors (Lipinski definition) is 3. The monoisotopic (exact) mass is 260 g/mol. The van der Waals surface area contributed by atoms with E-state index in [0.717, 1.165) is 17.0 Å². The van der Waals surface area contributed by atoms with Crippen molar-refractivity contribution < 1.29 is 9.90 Å². The van der Waals surface area contributed by atoms with Crippen molar-refractivity contribution in [3.05, 3.63) is 51.0 Å². The first kappa shape index (κ1) is 13.1. The van der Waals surface area contributed by atoms with E-state index in [-0.39, 0.29) is 11.1 Å². The van der Waals surface area contributed by atoms with Gasteiger partial charge in [0.15, 0.2) is 0 Å². The van der Waals surface area contributed by atoms with Gasteiger partial charge in [0.1, 0.15) is 0 Å². The number of carboxylic acids is 1. The fourth-order valence-electron chi connectivity index (χ4n) is 2.07. The van der Waals surface area contributed by atoms with Crippen LogP contribution < -0.4 is 10.9 Å². The third-order valence-corrected chi connectivity index (χ3v) is 3.15. The zero-order valence-corrected chi connectivity index (χ0v) is 10.9. The van der Waals surface area contributed by atoms with Gasteiger partial charge in [-0.05, 0) is 25.5 Å². The molecule has 5 heteroatoms. The highest BCUT2D eigenvalue weighted by Gasteiger charge is 2.14. The minimum absolute atomic E-state index is 0.0887. The number of aromatic nitrogens is 1. The van der Waals surface area contributed by atoms with E-state index >= 15 is 0 Å². The summed E-state index contributed by atoms with van der Waals surface area (Å²) in [6, 6.07) is 1.82. The van der Waals surface area contributed by atoms with Gasteiger partial charge >= 0.3 is 5.97 Å². The predicted molar refractivity (Wildman–Crippen MR) is 72.9 cm³/mol. The number of aliphatic carboxylic acids is 1. The van der Waals surface area contributed by atoms with Gasteiger partial charge in [0.25, 0.3) is 5.56 Å². The Morgan fingerprint density at radius 3 is 2.84 bits per heavy atom. The maximum Gasteiger partial charge on any atom is 0.335 e. The molecule has 0 amide bonds. The Kier molecular flexibility index (Phi) is 3.55. The van der Waals surface area contributed by atoms with Crippen LogP contribution >= 0.6 is 0 Å². The lowest BCUT2D eigenvalue weighted by Gasteiger charge is -2.17. The van der Waals surface area contributed by atoms with E-state index < -0.39 is 5.97 Å². The first-order valence-electron chi connectivity index (χ1n) is 6.15. The van der Waals surface area contributed by atoms with Gasteiger partial charge in [-0.3, -0.25) is 4.79 Å². The summed E-state index contributed by atoms with van der Waals surface area (Å²) in [5.41, 5.74) is 3.15. The highest BCUT2D eigenvalue weighted by atomic mass is 16.4. The van der Waals surface area contributed by atoms with Crippen LogP contribution in [0.15, 0.2) is 28.6 Å². The van der Waals surface area contributed by atoms with Crippen molar-refractivity contribution in [2.24, 2.45) is 0 Å². The Morgan fingerprint density at radius 1 is 1.47 bits per heavy atom. The molecule has 100 valence electrons. The molecule has 5 nitrogen and oxygen atoms in total. The van der Waals surface area contributed by atoms with E-state index in [1.54, 1.807) is 19.1 Å². The lowest BCUT2D eigenvalue weighted by Crippen LogP contribution is -2.22. The van der Waals surface area contributed by atoms with E-state index in [2.05, 4.69) is 10.3 Å². The van der Waals surface area contributed by atoms with Gasteiger partial charge in [0.05, 0.1) is 5.57 Å². The summed E-state index contributed by atoms with van der Waals surface area (Å²) < 4.78 is 0. The third kappa shape index (κ3) is 2.59. The molecule has 1 aliphatic rings. The Balaban J connectivity index is 2.50. The normalized spacial score (nSPS) is 14.4. The molecular formula is C14H16N2O3. The first-order valence-corrected chi connectivity index (χ1v) is 6.15. The van der Waals surface area contributed by atoms with Gasteiger partial charge in [-0.25, -0.2) is 4.79 Å². The number of aromatic amines is 1. The molecule has 0 fully saturated rings. The second-order valence-corrected chi connectivity index (χ2v) is 4.42. The third-order valence-electron chi connectivity index (χ3n) is 3.15. The maximum atomic E-state index is 11.7. The summed E-state index contributed by atoms with van der Waals surface area (Å²) in [5.74, 6) is -0.947. The van der Waals surface area contributed by atoms with Crippen LogP contribution in [0.25, 0.3) is 5.70 Å². The maximum absolute atomic E-state index is 11.7. The minimum Gasteiger partial charge on any atom is -0.478 e. The minimum atomic E-state index is -0.947. The molecule has 0 saturated carbocycles. The van der Waals surface area contributed by atoms with Gasteiger partial charge in [-0.1, -0.05) is 13.0 Å². The van der Waals surface area contributed by atoms with Gasteiger partial charge in [0, 0.05) is 29.1 Å². The molecule has 0 aliphatic carbocycles. The van der Waals surface area contributed by atoms with Crippen molar-refractivity contribution in [3.8, 4) is 0 Å². The average Bonchev–Trinajstić information content (AvgIpc) is 2.39.